The van der Waals surface area contributed by atoms with Gasteiger partial charge in [-0.1, -0.05) is 6.92 Å². The molecule has 1 heterocycles. The van der Waals surface area contributed by atoms with Crippen molar-refractivity contribution in [2.75, 3.05) is 18.1 Å². The highest BCUT2D eigenvalue weighted by Crippen LogP contribution is 2.38. The second-order valence-electron chi connectivity index (χ2n) is 3.68. The number of hydrogen-bond donors (Lipinski definition) is 1. The molecular formula is C9H17NS. The van der Waals surface area contributed by atoms with E-state index in [1.165, 1.54) is 30.9 Å². The van der Waals surface area contributed by atoms with E-state index in [9.17, 15) is 0 Å². The molecule has 3 unspecified atom stereocenters. The third-order valence-electron chi connectivity index (χ3n) is 3.13. The summed E-state index contributed by atoms with van der Waals surface area (Å²) < 4.78 is 0. The van der Waals surface area contributed by atoms with Crippen LogP contribution in [0, 0.1) is 11.8 Å². The summed E-state index contributed by atoms with van der Waals surface area (Å²) >= 11 is 2.11. The fraction of sp³-hybridized carbons (Fsp3) is 1.00. The van der Waals surface area contributed by atoms with Crippen molar-refractivity contribution in [1.82, 2.24) is 5.32 Å². The molecule has 11 heavy (non-hydrogen) atoms. The predicted octanol–water partition coefficient (Wildman–Crippen LogP) is 1.74. The van der Waals surface area contributed by atoms with E-state index in [4.69, 9.17) is 0 Å². The fourth-order valence-electron chi connectivity index (χ4n) is 2.47. The fourth-order valence-corrected chi connectivity index (χ4v) is 3.48. The van der Waals surface area contributed by atoms with Crippen molar-refractivity contribution >= 4 is 11.8 Å². The van der Waals surface area contributed by atoms with Crippen LogP contribution >= 0.6 is 11.8 Å². The van der Waals surface area contributed by atoms with E-state index >= 15 is 0 Å². The van der Waals surface area contributed by atoms with Gasteiger partial charge in [-0.3, -0.25) is 0 Å². The summed E-state index contributed by atoms with van der Waals surface area (Å²) in [5.74, 6) is 4.73. The first-order valence-electron chi connectivity index (χ1n) is 4.73. The lowest BCUT2D eigenvalue weighted by atomic mass is 10.0. The largest absolute Gasteiger partial charge is 0.313 e. The van der Waals surface area contributed by atoms with Crippen molar-refractivity contribution in [3.05, 3.63) is 0 Å². The molecule has 0 radical (unpaired) electrons. The molecule has 1 N–H and O–H groups in total. The Balaban J connectivity index is 1.84. The third-order valence-corrected chi connectivity index (χ3v) is 4.16. The maximum Gasteiger partial charge on any atom is 0.0107 e. The van der Waals surface area contributed by atoms with Crippen LogP contribution in [0.4, 0.5) is 0 Å². The number of thioether (sulfide) groups is 1. The molecule has 2 bridgehead atoms. The van der Waals surface area contributed by atoms with Crippen molar-refractivity contribution in [2.24, 2.45) is 11.8 Å². The Hall–Kier alpha value is 0.310. The average molecular weight is 171 g/mol. The highest BCUT2D eigenvalue weighted by molar-refractivity contribution is 7.99. The zero-order valence-corrected chi connectivity index (χ0v) is 7.99. The van der Waals surface area contributed by atoms with Crippen LogP contribution in [-0.4, -0.2) is 24.1 Å². The van der Waals surface area contributed by atoms with Crippen LogP contribution in [0.2, 0.25) is 0 Å². The van der Waals surface area contributed by atoms with E-state index in [0.29, 0.717) is 0 Å². The summed E-state index contributed by atoms with van der Waals surface area (Å²) in [7, 11) is 0. The number of hydrogen-bond acceptors (Lipinski definition) is 2. The zero-order valence-electron chi connectivity index (χ0n) is 7.18. The molecule has 2 heteroatoms. The van der Waals surface area contributed by atoms with E-state index in [1.807, 2.05) is 0 Å². The molecule has 2 aliphatic rings. The summed E-state index contributed by atoms with van der Waals surface area (Å²) in [6.07, 6.45) is 2.94. The molecule has 1 aliphatic carbocycles. The van der Waals surface area contributed by atoms with Crippen LogP contribution in [0.5, 0.6) is 0 Å². The van der Waals surface area contributed by atoms with Crippen LogP contribution < -0.4 is 5.32 Å². The number of piperidine rings is 1. The third kappa shape index (κ3) is 1.43. The molecule has 0 aromatic heterocycles. The Labute approximate surface area is 73.3 Å². The quantitative estimate of drug-likeness (QED) is 0.694. The molecule has 1 nitrogen and oxygen atoms in total. The summed E-state index contributed by atoms with van der Waals surface area (Å²) in [6.45, 7) is 3.56. The minimum absolute atomic E-state index is 0.888. The van der Waals surface area contributed by atoms with Crippen LogP contribution in [0.15, 0.2) is 0 Å². The van der Waals surface area contributed by atoms with Crippen molar-refractivity contribution in [1.29, 1.82) is 0 Å². The molecule has 2 rings (SSSR count). The lowest BCUT2D eigenvalue weighted by Gasteiger charge is -2.12. The second kappa shape index (κ2) is 3.36. The van der Waals surface area contributed by atoms with Crippen molar-refractivity contribution in [2.45, 2.75) is 25.8 Å². The number of nitrogens with one attached hydrogen (secondary N) is 1. The topological polar surface area (TPSA) is 12.0 Å². The second-order valence-corrected chi connectivity index (χ2v) is 4.99. The Bertz CT molecular complexity index is 118. The summed E-state index contributed by atoms with van der Waals surface area (Å²) in [4.78, 5) is 0. The van der Waals surface area contributed by atoms with Gasteiger partial charge in [-0.2, -0.15) is 11.8 Å². The molecule has 0 aromatic rings. The first kappa shape index (κ1) is 7.93. The van der Waals surface area contributed by atoms with E-state index in [0.717, 1.165) is 17.9 Å². The van der Waals surface area contributed by atoms with Crippen molar-refractivity contribution in [3.8, 4) is 0 Å². The van der Waals surface area contributed by atoms with E-state index in [2.05, 4.69) is 24.0 Å². The van der Waals surface area contributed by atoms with Gasteiger partial charge in [-0.15, -0.1) is 0 Å². The zero-order chi connectivity index (χ0) is 7.68. The van der Waals surface area contributed by atoms with Gasteiger partial charge >= 0.3 is 0 Å². The Morgan fingerprint density at radius 3 is 2.82 bits per heavy atom. The molecule has 0 amide bonds. The van der Waals surface area contributed by atoms with Crippen molar-refractivity contribution in [3.63, 3.8) is 0 Å². The van der Waals surface area contributed by atoms with Crippen LogP contribution in [0.3, 0.4) is 0 Å². The molecule has 2 fully saturated rings. The minimum atomic E-state index is 0.888. The van der Waals surface area contributed by atoms with Gasteiger partial charge in [0.2, 0.25) is 0 Å². The van der Waals surface area contributed by atoms with Gasteiger partial charge in [0.25, 0.3) is 0 Å². The molecule has 1 saturated carbocycles. The van der Waals surface area contributed by atoms with E-state index < -0.39 is 0 Å². The average Bonchev–Trinajstić information content (AvgIpc) is 2.59. The maximum atomic E-state index is 3.60. The highest BCUT2D eigenvalue weighted by Gasteiger charge is 2.40. The molecule has 0 aromatic carbocycles. The molecule has 0 spiro atoms. The van der Waals surface area contributed by atoms with Crippen LogP contribution in [0.1, 0.15) is 19.8 Å². The van der Waals surface area contributed by atoms with Gasteiger partial charge < -0.3 is 5.32 Å². The number of rotatable bonds is 3. The Morgan fingerprint density at radius 2 is 2.36 bits per heavy atom. The SMILES string of the molecule is CCSCC1C2CCC1NC2. The summed E-state index contributed by atoms with van der Waals surface area (Å²) in [5.41, 5.74) is 0. The van der Waals surface area contributed by atoms with E-state index in [-0.39, 0.29) is 0 Å². The number of fused-ring (bicyclic) bond motifs is 2. The minimum Gasteiger partial charge on any atom is -0.313 e. The molecule has 1 saturated heterocycles. The summed E-state index contributed by atoms with van der Waals surface area (Å²) in [5, 5.41) is 3.60. The molecular weight excluding hydrogens is 154 g/mol. The van der Waals surface area contributed by atoms with Crippen LogP contribution in [0.25, 0.3) is 0 Å². The Morgan fingerprint density at radius 1 is 1.45 bits per heavy atom. The van der Waals surface area contributed by atoms with Gasteiger partial charge in [0.1, 0.15) is 0 Å². The van der Waals surface area contributed by atoms with Gasteiger partial charge in [0.05, 0.1) is 0 Å². The highest BCUT2D eigenvalue weighted by atomic mass is 32.2. The van der Waals surface area contributed by atoms with Gasteiger partial charge in [-0.25, -0.2) is 0 Å². The first-order chi connectivity index (χ1) is 5.42. The standard InChI is InChI=1S/C9H17NS/c1-2-11-6-8-7-3-4-9(8)10-5-7/h7-10H,2-6H2,1H3. The maximum absolute atomic E-state index is 3.60. The Kier molecular flexibility index (Phi) is 2.42. The summed E-state index contributed by atoms with van der Waals surface area (Å²) in [6, 6.07) is 0.888. The normalized spacial score (nSPS) is 41.7. The lowest BCUT2D eigenvalue weighted by Crippen LogP contribution is -2.26. The molecule has 3 atom stereocenters. The molecule has 64 valence electrons. The van der Waals surface area contributed by atoms with Crippen LogP contribution in [-0.2, 0) is 0 Å². The smallest absolute Gasteiger partial charge is 0.0107 e. The van der Waals surface area contributed by atoms with Gasteiger partial charge in [-0.05, 0) is 42.7 Å². The van der Waals surface area contributed by atoms with Crippen molar-refractivity contribution < 1.29 is 0 Å². The first-order valence-corrected chi connectivity index (χ1v) is 5.88. The van der Waals surface area contributed by atoms with Gasteiger partial charge in [0.15, 0.2) is 0 Å². The van der Waals surface area contributed by atoms with E-state index in [1.54, 1.807) is 0 Å². The lowest BCUT2D eigenvalue weighted by molar-refractivity contribution is 0.492. The molecule has 1 aliphatic heterocycles. The van der Waals surface area contributed by atoms with Gasteiger partial charge in [0, 0.05) is 6.04 Å². The monoisotopic (exact) mass is 171 g/mol. The predicted molar refractivity (Wildman–Crippen MR) is 51.0 cm³/mol.